The monoisotopic (exact) mass is 326 g/mol. The van der Waals surface area contributed by atoms with E-state index in [0.29, 0.717) is 13.1 Å². The van der Waals surface area contributed by atoms with E-state index in [1.165, 1.54) is 5.56 Å². The molecule has 2 N–H and O–H groups in total. The lowest BCUT2D eigenvalue weighted by atomic mass is 9.85. The van der Waals surface area contributed by atoms with E-state index < -0.39 is 0 Å². The number of urea groups is 1. The van der Waals surface area contributed by atoms with E-state index in [2.05, 4.69) is 36.6 Å². The van der Waals surface area contributed by atoms with Crippen molar-refractivity contribution < 1.29 is 14.3 Å². The standard InChI is InChI=1S/C19H22N2O3/c1-19(2,15-6-4-3-5-7-15)12-21-18(22)20-11-14-8-9-16-17(10-14)24-13-23-16/h3-10H,11-13H2,1-2H3,(H2,20,21,22). The van der Waals surface area contributed by atoms with Crippen LogP contribution in [0.5, 0.6) is 11.5 Å². The Balaban J connectivity index is 1.49. The van der Waals surface area contributed by atoms with E-state index in [1.54, 1.807) is 0 Å². The van der Waals surface area contributed by atoms with Crippen molar-refractivity contribution in [2.24, 2.45) is 0 Å². The minimum Gasteiger partial charge on any atom is -0.454 e. The Bertz CT molecular complexity index is 714. The van der Waals surface area contributed by atoms with Crippen LogP contribution in [0.4, 0.5) is 4.79 Å². The highest BCUT2D eigenvalue weighted by molar-refractivity contribution is 5.74. The molecule has 1 heterocycles. The van der Waals surface area contributed by atoms with Crippen LogP contribution in [0.3, 0.4) is 0 Å². The van der Waals surface area contributed by atoms with Crippen LogP contribution in [-0.4, -0.2) is 19.4 Å². The number of hydrogen-bond donors (Lipinski definition) is 2. The molecule has 0 unspecified atom stereocenters. The highest BCUT2D eigenvalue weighted by Gasteiger charge is 2.21. The summed E-state index contributed by atoms with van der Waals surface area (Å²) in [5.41, 5.74) is 2.04. The van der Waals surface area contributed by atoms with Gasteiger partial charge >= 0.3 is 6.03 Å². The maximum absolute atomic E-state index is 12.0. The maximum Gasteiger partial charge on any atom is 0.315 e. The van der Waals surface area contributed by atoms with Gasteiger partial charge in [0.05, 0.1) is 0 Å². The van der Waals surface area contributed by atoms with Crippen LogP contribution in [0, 0.1) is 0 Å². The van der Waals surface area contributed by atoms with Crippen molar-refractivity contribution in [2.45, 2.75) is 25.8 Å². The van der Waals surface area contributed by atoms with Gasteiger partial charge in [-0.15, -0.1) is 0 Å². The van der Waals surface area contributed by atoms with Crippen molar-refractivity contribution in [1.29, 1.82) is 0 Å². The number of fused-ring (bicyclic) bond motifs is 1. The predicted octanol–water partition coefficient (Wildman–Crippen LogP) is 3.19. The molecule has 1 aliphatic rings. The van der Waals surface area contributed by atoms with Gasteiger partial charge in [0.25, 0.3) is 0 Å². The van der Waals surface area contributed by atoms with Crippen LogP contribution in [0.15, 0.2) is 48.5 Å². The van der Waals surface area contributed by atoms with Crippen molar-refractivity contribution in [3.05, 3.63) is 59.7 Å². The zero-order valence-corrected chi connectivity index (χ0v) is 14.0. The number of ether oxygens (including phenoxy) is 2. The van der Waals surface area contributed by atoms with E-state index in [9.17, 15) is 4.79 Å². The molecule has 0 saturated carbocycles. The summed E-state index contributed by atoms with van der Waals surface area (Å²) < 4.78 is 10.6. The predicted molar refractivity (Wildman–Crippen MR) is 92.3 cm³/mol. The van der Waals surface area contributed by atoms with Gasteiger partial charge in [-0.2, -0.15) is 0 Å². The van der Waals surface area contributed by atoms with Crippen molar-refractivity contribution in [3.8, 4) is 11.5 Å². The smallest absolute Gasteiger partial charge is 0.315 e. The minimum absolute atomic E-state index is 0.128. The van der Waals surface area contributed by atoms with Crippen molar-refractivity contribution in [1.82, 2.24) is 10.6 Å². The van der Waals surface area contributed by atoms with E-state index in [0.717, 1.165) is 17.1 Å². The normalized spacial score (nSPS) is 12.8. The topological polar surface area (TPSA) is 59.6 Å². The molecule has 126 valence electrons. The van der Waals surface area contributed by atoms with Gasteiger partial charge in [-0.25, -0.2) is 4.79 Å². The van der Waals surface area contributed by atoms with Gasteiger partial charge in [-0.05, 0) is 23.3 Å². The van der Waals surface area contributed by atoms with E-state index in [-0.39, 0.29) is 18.2 Å². The van der Waals surface area contributed by atoms with Gasteiger partial charge in [-0.3, -0.25) is 0 Å². The third-order valence-electron chi connectivity index (χ3n) is 4.14. The number of carbonyl (C=O) groups excluding carboxylic acids is 1. The first kappa shape index (κ1) is 16.2. The first-order chi connectivity index (χ1) is 11.5. The van der Waals surface area contributed by atoms with Crippen LogP contribution in [0.1, 0.15) is 25.0 Å². The fourth-order valence-corrected chi connectivity index (χ4v) is 2.59. The molecule has 1 aliphatic heterocycles. The first-order valence-electron chi connectivity index (χ1n) is 8.00. The summed E-state index contributed by atoms with van der Waals surface area (Å²) in [4.78, 5) is 12.0. The highest BCUT2D eigenvalue weighted by atomic mass is 16.7. The van der Waals surface area contributed by atoms with Gasteiger partial charge < -0.3 is 20.1 Å². The number of rotatable bonds is 5. The summed E-state index contributed by atoms with van der Waals surface area (Å²) in [5, 5.41) is 5.81. The zero-order valence-electron chi connectivity index (χ0n) is 14.0. The Labute approximate surface area is 142 Å². The van der Waals surface area contributed by atoms with Crippen LogP contribution < -0.4 is 20.1 Å². The second kappa shape index (κ2) is 6.83. The number of carbonyl (C=O) groups is 1. The third kappa shape index (κ3) is 3.79. The molecule has 2 aromatic rings. The molecule has 0 bridgehead atoms. The average molecular weight is 326 g/mol. The molecule has 5 nitrogen and oxygen atoms in total. The molecule has 0 atom stereocenters. The molecule has 2 aromatic carbocycles. The van der Waals surface area contributed by atoms with Crippen LogP contribution in [0.25, 0.3) is 0 Å². The van der Waals surface area contributed by atoms with Crippen molar-refractivity contribution in [2.75, 3.05) is 13.3 Å². The Kier molecular flexibility index (Phi) is 4.60. The summed E-state index contributed by atoms with van der Waals surface area (Å²) in [6.45, 7) is 5.47. The summed E-state index contributed by atoms with van der Waals surface area (Å²) in [6.07, 6.45) is 0. The molecular formula is C19H22N2O3. The summed E-state index contributed by atoms with van der Waals surface area (Å²) in [7, 11) is 0. The fourth-order valence-electron chi connectivity index (χ4n) is 2.59. The second-order valence-corrected chi connectivity index (χ2v) is 6.47. The molecule has 5 heteroatoms. The summed E-state index contributed by atoms with van der Waals surface area (Å²) >= 11 is 0. The molecular weight excluding hydrogens is 304 g/mol. The van der Waals surface area contributed by atoms with Gasteiger partial charge in [0, 0.05) is 18.5 Å². The quantitative estimate of drug-likeness (QED) is 0.887. The average Bonchev–Trinajstić information content (AvgIpc) is 3.07. The molecule has 0 aromatic heterocycles. The minimum atomic E-state index is -0.184. The Morgan fingerprint density at radius 3 is 2.58 bits per heavy atom. The first-order valence-corrected chi connectivity index (χ1v) is 8.00. The summed E-state index contributed by atoms with van der Waals surface area (Å²) in [6, 6.07) is 15.6. The van der Waals surface area contributed by atoms with Gasteiger partial charge in [-0.1, -0.05) is 50.2 Å². The lowest BCUT2D eigenvalue weighted by Crippen LogP contribution is -2.42. The SMILES string of the molecule is CC(C)(CNC(=O)NCc1ccc2c(c1)OCO2)c1ccccc1. The molecule has 0 fully saturated rings. The maximum atomic E-state index is 12.0. The van der Waals surface area contributed by atoms with E-state index >= 15 is 0 Å². The Morgan fingerprint density at radius 2 is 1.79 bits per heavy atom. The second-order valence-electron chi connectivity index (χ2n) is 6.47. The molecule has 3 rings (SSSR count). The van der Waals surface area contributed by atoms with Crippen LogP contribution in [0.2, 0.25) is 0 Å². The molecule has 2 amide bonds. The third-order valence-corrected chi connectivity index (χ3v) is 4.14. The van der Waals surface area contributed by atoms with E-state index in [1.807, 2.05) is 36.4 Å². The number of benzene rings is 2. The van der Waals surface area contributed by atoms with Gasteiger partial charge in [0.15, 0.2) is 11.5 Å². The summed E-state index contributed by atoms with van der Waals surface area (Å²) in [5.74, 6) is 1.47. The van der Waals surface area contributed by atoms with Crippen molar-refractivity contribution >= 4 is 6.03 Å². The number of nitrogens with one attached hydrogen (secondary N) is 2. The zero-order chi connectivity index (χ0) is 17.0. The molecule has 24 heavy (non-hydrogen) atoms. The van der Waals surface area contributed by atoms with Crippen LogP contribution in [-0.2, 0) is 12.0 Å². The molecule has 0 aliphatic carbocycles. The fraction of sp³-hybridized carbons (Fsp3) is 0.316. The Morgan fingerprint density at radius 1 is 1.04 bits per heavy atom. The highest BCUT2D eigenvalue weighted by Crippen LogP contribution is 2.32. The lowest BCUT2D eigenvalue weighted by molar-refractivity contribution is 0.174. The van der Waals surface area contributed by atoms with E-state index in [4.69, 9.17) is 9.47 Å². The lowest BCUT2D eigenvalue weighted by Gasteiger charge is -2.25. The Hall–Kier alpha value is -2.69. The van der Waals surface area contributed by atoms with Gasteiger partial charge in [0.2, 0.25) is 6.79 Å². The van der Waals surface area contributed by atoms with Crippen molar-refractivity contribution in [3.63, 3.8) is 0 Å². The largest absolute Gasteiger partial charge is 0.454 e. The van der Waals surface area contributed by atoms with Crippen LogP contribution >= 0.6 is 0 Å². The molecule has 0 radical (unpaired) electrons. The molecule has 0 saturated heterocycles. The molecule has 0 spiro atoms. The number of hydrogen-bond acceptors (Lipinski definition) is 3. The van der Waals surface area contributed by atoms with Gasteiger partial charge in [0.1, 0.15) is 0 Å². The number of amides is 2.